The minimum absolute atomic E-state index is 0.0478. The fraction of sp³-hybridized carbons (Fsp3) is 0.500. The Morgan fingerprint density at radius 2 is 1.82 bits per heavy atom. The van der Waals surface area contributed by atoms with Crippen molar-refractivity contribution >= 4 is 17.3 Å². The van der Waals surface area contributed by atoms with Crippen LogP contribution in [0.5, 0.6) is 0 Å². The molecule has 22 heavy (non-hydrogen) atoms. The van der Waals surface area contributed by atoms with Gasteiger partial charge in [-0.1, -0.05) is 50.1 Å². The lowest BCUT2D eigenvalue weighted by atomic mass is 9.67. The van der Waals surface area contributed by atoms with E-state index in [0.717, 1.165) is 18.5 Å². The number of rotatable bonds is 5. The highest BCUT2D eigenvalue weighted by Crippen LogP contribution is 2.46. The fourth-order valence-corrected chi connectivity index (χ4v) is 3.43. The summed E-state index contributed by atoms with van der Waals surface area (Å²) in [5.41, 5.74) is 5.24. The minimum atomic E-state index is 0.0478. The SMILES string of the molecule is CCC1=CC=C(Nc2ccc(C)cc2)C(C)([C@@H](C)[C@H](C)Cl)C1. The molecule has 2 rings (SSSR count). The van der Waals surface area contributed by atoms with Crippen LogP contribution in [-0.4, -0.2) is 5.38 Å². The molecule has 0 bridgehead atoms. The summed E-state index contributed by atoms with van der Waals surface area (Å²) in [5, 5.41) is 3.78. The van der Waals surface area contributed by atoms with Crippen LogP contribution in [0.25, 0.3) is 0 Å². The van der Waals surface area contributed by atoms with E-state index >= 15 is 0 Å². The van der Waals surface area contributed by atoms with Gasteiger partial charge >= 0.3 is 0 Å². The van der Waals surface area contributed by atoms with Gasteiger partial charge in [0.2, 0.25) is 0 Å². The number of aryl methyl sites for hydroxylation is 1. The van der Waals surface area contributed by atoms with E-state index in [-0.39, 0.29) is 10.8 Å². The molecule has 120 valence electrons. The van der Waals surface area contributed by atoms with Crippen LogP contribution in [0.4, 0.5) is 5.69 Å². The normalized spacial score (nSPS) is 24.3. The van der Waals surface area contributed by atoms with E-state index in [1.165, 1.54) is 16.8 Å². The Hall–Kier alpha value is -1.21. The molecule has 0 amide bonds. The molecule has 0 heterocycles. The summed E-state index contributed by atoms with van der Waals surface area (Å²) >= 11 is 6.46. The van der Waals surface area contributed by atoms with Crippen LogP contribution < -0.4 is 5.32 Å². The number of allylic oxidation sites excluding steroid dienone is 4. The monoisotopic (exact) mass is 317 g/mol. The Labute approximate surface area is 140 Å². The van der Waals surface area contributed by atoms with Gasteiger partial charge in [-0.15, -0.1) is 11.6 Å². The van der Waals surface area contributed by atoms with Gasteiger partial charge in [0, 0.05) is 22.2 Å². The maximum absolute atomic E-state index is 6.46. The summed E-state index contributed by atoms with van der Waals surface area (Å²) in [7, 11) is 0. The molecule has 0 spiro atoms. The molecule has 1 N–H and O–H groups in total. The topological polar surface area (TPSA) is 12.0 Å². The Morgan fingerprint density at radius 3 is 2.36 bits per heavy atom. The van der Waals surface area contributed by atoms with Crippen molar-refractivity contribution in [2.75, 3.05) is 5.32 Å². The molecule has 0 aromatic heterocycles. The van der Waals surface area contributed by atoms with E-state index in [1.807, 2.05) is 0 Å². The van der Waals surface area contributed by atoms with Gasteiger partial charge in [0.15, 0.2) is 0 Å². The van der Waals surface area contributed by atoms with Crippen molar-refractivity contribution in [2.24, 2.45) is 11.3 Å². The van der Waals surface area contributed by atoms with Gasteiger partial charge in [-0.05, 0) is 50.8 Å². The van der Waals surface area contributed by atoms with Crippen LogP contribution in [0.15, 0.2) is 47.7 Å². The van der Waals surface area contributed by atoms with Crippen LogP contribution in [0.2, 0.25) is 0 Å². The molecule has 1 unspecified atom stereocenters. The molecular weight excluding hydrogens is 290 g/mol. The number of hydrogen-bond acceptors (Lipinski definition) is 1. The first-order valence-electron chi connectivity index (χ1n) is 8.24. The lowest BCUT2D eigenvalue weighted by Crippen LogP contribution is -2.37. The molecule has 0 radical (unpaired) electrons. The summed E-state index contributed by atoms with van der Waals surface area (Å²) in [4.78, 5) is 0. The summed E-state index contributed by atoms with van der Waals surface area (Å²) in [6.07, 6.45) is 6.70. The molecule has 1 aromatic rings. The van der Waals surface area contributed by atoms with Gasteiger partial charge in [-0.25, -0.2) is 0 Å². The third-order valence-electron chi connectivity index (χ3n) is 5.17. The largest absolute Gasteiger partial charge is 0.358 e. The number of alkyl halides is 1. The Bertz CT molecular complexity index is 568. The molecule has 2 heteroatoms. The van der Waals surface area contributed by atoms with Crippen LogP contribution in [0, 0.1) is 18.3 Å². The summed E-state index contributed by atoms with van der Waals surface area (Å²) < 4.78 is 0. The highest BCUT2D eigenvalue weighted by atomic mass is 35.5. The van der Waals surface area contributed by atoms with E-state index in [0.29, 0.717) is 5.92 Å². The Balaban J connectivity index is 2.33. The second-order valence-corrected chi connectivity index (χ2v) is 7.50. The average Bonchev–Trinajstić information content (AvgIpc) is 2.50. The molecule has 0 saturated carbocycles. The van der Waals surface area contributed by atoms with Crippen molar-refractivity contribution in [3.8, 4) is 0 Å². The van der Waals surface area contributed by atoms with Gasteiger partial charge in [0.1, 0.15) is 0 Å². The zero-order valence-electron chi connectivity index (χ0n) is 14.4. The Kier molecular flexibility index (Phi) is 5.39. The van der Waals surface area contributed by atoms with Gasteiger partial charge in [-0.2, -0.15) is 0 Å². The number of nitrogens with one attached hydrogen (secondary N) is 1. The van der Waals surface area contributed by atoms with E-state index in [2.05, 4.69) is 76.4 Å². The second-order valence-electron chi connectivity index (χ2n) is 6.81. The maximum Gasteiger partial charge on any atom is 0.0382 e. The van der Waals surface area contributed by atoms with Crippen LogP contribution in [0.3, 0.4) is 0 Å². The molecule has 1 nitrogen and oxygen atoms in total. The highest BCUT2D eigenvalue weighted by molar-refractivity contribution is 6.20. The summed E-state index contributed by atoms with van der Waals surface area (Å²) in [6.45, 7) is 11.0. The average molecular weight is 318 g/mol. The number of hydrogen-bond donors (Lipinski definition) is 1. The van der Waals surface area contributed by atoms with Crippen molar-refractivity contribution in [1.82, 2.24) is 0 Å². The number of benzene rings is 1. The van der Waals surface area contributed by atoms with Crippen LogP contribution in [0.1, 0.15) is 46.1 Å². The fourth-order valence-electron chi connectivity index (χ4n) is 3.15. The predicted octanol–water partition coefficient (Wildman–Crippen LogP) is 6.30. The molecule has 1 aromatic carbocycles. The van der Waals surface area contributed by atoms with Crippen molar-refractivity contribution < 1.29 is 0 Å². The molecule has 3 atom stereocenters. The first-order valence-corrected chi connectivity index (χ1v) is 8.68. The third-order valence-corrected chi connectivity index (χ3v) is 5.55. The van der Waals surface area contributed by atoms with Gasteiger partial charge in [0.25, 0.3) is 0 Å². The molecule has 1 aliphatic carbocycles. The van der Waals surface area contributed by atoms with Crippen molar-refractivity contribution in [1.29, 1.82) is 0 Å². The maximum atomic E-state index is 6.46. The quantitative estimate of drug-likeness (QED) is 0.628. The van der Waals surface area contributed by atoms with E-state index in [4.69, 9.17) is 11.6 Å². The zero-order valence-corrected chi connectivity index (χ0v) is 15.2. The Morgan fingerprint density at radius 1 is 1.18 bits per heavy atom. The molecule has 0 fully saturated rings. The van der Waals surface area contributed by atoms with Gasteiger partial charge < -0.3 is 5.32 Å². The first-order chi connectivity index (χ1) is 10.4. The molecule has 0 saturated heterocycles. The second kappa shape index (κ2) is 6.91. The van der Waals surface area contributed by atoms with Crippen LogP contribution >= 0.6 is 11.6 Å². The zero-order chi connectivity index (χ0) is 16.3. The lowest BCUT2D eigenvalue weighted by molar-refractivity contribution is 0.247. The minimum Gasteiger partial charge on any atom is -0.358 e. The molecule has 1 aliphatic rings. The van der Waals surface area contributed by atoms with E-state index < -0.39 is 0 Å². The lowest BCUT2D eigenvalue weighted by Gasteiger charge is -2.42. The van der Waals surface area contributed by atoms with Crippen molar-refractivity contribution in [3.05, 3.63) is 53.3 Å². The number of anilines is 1. The van der Waals surface area contributed by atoms with Crippen molar-refractivity contribution in [2.45, 2.75) is 52.8 Å². The standard InChI is InChI=1S/C20H28ClN/c1-6-17-9-12-19(20(5,13-17)15(3)16(4)21)22-18-10-7-14(2)8-11-18/h7-12,15-16,22H,6,13H2,1-5H3/t15-,16-,20?/m0/s1. The molecular formula is C20H28ClN. The van der Waals surface area contributed by atoms with Crippen molar-refractivity contribution in [3.63, 3.8) is 0 Å². The highest BCUT2D eigenvalue weighted by Gasteiger charge is 2.39. The van der Waals surface area contributed by atoms with E-state index in [9.17, 15) is 0 Å². The van der Waals surface area contributed by atoms with Gasteiger partial charge in [0.05, 0.1) is 0 Å². The first kappa shape index (κ1) is 17.1. The summed E-state index contributed by atoms with van der Waals surface area (Å²) in [5.74, 6) is 0.397. The van der Waals surface area contributed by atoms with Gasteiger partial charge in [-0.3, -0.25) is 0 Å². The van der Waals surface area contributed by atoms with Crippen LogP contribution in [-0.2, 0) is 0 Å². The third kappa shape index (κ3) is 3.57. The van der Waals surface area contributed by atoms with E-state index in [1.54, 1.807) is 0 Å². The molecule has 0 aliphatic heterocycles. The predicted molar refractivity (Wildman–Crippen MR) is 98.5 cm³/mol. The summed E-state index contributed by atoms with van der Waals surface area (Å²) in [6, 6.07) is 8.57. The smallest absolute Gasteiger partial charge is 0.0382 e. The number of halogens is 1.